The maximum atomic E-state index is 10.7. The fraction of sp³-hybridized carbons (Fsp3) is 0.167. The van der Waals surface area contributed by atoms with Crippen molar-refractivity contribution in [3.05, 3.63) is 16.7 Å². The van der Waals surface area contributed by atoms with Crippen molar-refractivity contribution in [1.82, 2.24) is 9.97 Å². The molecule has 0 atom stereocenters. The van der Waals surface area contributed by atoms with E-state index >= 15 is 0 Å². The van der Waals surface area contributed by atoms with E-state index in [1.54, 1.807) is 6.21 Å². The molecule has 0 radical (unpaired) electrons. The highest BCUT2D eigenvalue weighted by Gasteiger charge is 2.04. The Morgan fingerprint density at radius 2 is 2.45 bits per heavy atom. The molecule has 0 bridgehead atoms. The molecule has 0 aliphatic carbocycles. The molecule has 0 unspecified atom stereocenters. The normalized spacial score (nSPS) is 13.8. The molecule has 5 heteroatoms. The monoisotopic (exact) mass is 150 g/mol. The van der Waals surface area contributed by atoms with Crippen molar-refractivity contribution in [1.29, 1.82) is 0 Å². The molecule has 5 nitrogen and oxygen atoms in total. The second-order valence-corrected chi connectivity index (χ2v) is 2.14. The Hall–Kier alpha value is -1.65. The molecule has 1 aliphatic heterocycles. The van der Waals surface area contributed by atoms with E-state index in [1.807, 2.05) is 0 Å². The molecule has 0 fully saturated rings. The summed E-state index contributed by atoms with van der Waals surface area (Å²) in [4.78, 5) is 20.7. The van der Waals surface area contributed by atoms with Crippen molar-refractivity contribution in [2.75, 3.05) is 11.9 Å². The molecule has 0 amide bonds. The van der Waals surface area contributed by atoms with Gasteiger partial charge in [0.1, 0.15) is 0 Å². The van der Waals surface area contributed by atoms with Gasteiger partial charge in [0, 0.05) is 6.21 Å². The van der Waals surface area contributed by atoms with E-state index in [4.69, 9.17) is 0 Å². The summed E-state index contributed by atoms with van der Waals surface area (Å²) in [5.74, 6) is 0.552. The molecule has 1 aromatic rings. The number of hydrogen-bond donors (Lipinski definition) is 2. The third-order valence-electron chi connectivity index (χ3n) is 1.40. The minimum Gasteiger partial charge on any atom is -0.376 e. The fourth-order valence-corrected chi connectivity index (χ4v) is 0.909. The van der Waals surface area contributed by atoms with Crippen LogP contribution in [-0.4, -0.2) is 22.7 Å². The van der Waals surface area contributed by atoms with Gasteiger partial charge in [-0.2, -0.15) is 4.98 Å². The second-order valence-electron chi connectivity index (χ2n) is 2.14. The van der Waals surface area contributed by atoms with Crippen LogP contribution in [0.1, 0.15) is 0 Å². The molecule has 0 saturated carbocycles. The van der Waals surface area contributed by atoms with Crippen LogP contribution in [0.3, 0.4) is 0 Å². The first kappa shape index (κ1) is 6.09. The van der Waals surface area contributed by atoms with E-state index in [9.17, 15) is 4.79 Å². The van der Waals surface area contributed by atoms with Gasteiger partial charge in [0.15, 0.2) is 5.82 Å². The van der Waals surface area contributed by atoms with E-state index in [2.05, 4.69) is 20.3 Å². The molecule has 1 aliphatic rings. The number of aromatic amines is 1. The number of rotatable bonds is 0. The number of hydrogen-bond acceptors (Lipinski definition) is 4. The number of anilines is 1. The number of nitrogens with zero attached hydrogens (tertiary/aromatic N) is 2. The standard InChI is InChI=1S/C6H6N4O/c11-6-9-3-4-5(10-6)8-2-1-7-4/h2-3,7H,1H2,(H,9,10,11). The Morgan fingerprint density at radius 3 is 3.36 bits per heavy atom. The summed E-state index contributed by atoms with van der Waals surface area (Å²) < 4.78 is 0. The van der Waals surface area contributed by atoms with Gasteiger partial charge in [-0.05, 0) is 0 Å². The summed E-state index contributed by atoms with van der Waals surface area (Å²) in [5.41, 5.74) is 0.400. The molecule has 0 saturated heterocycles. The summed E-state index contributed by atoms with van der Waals surface area (Å²) in [6.07, 6.45) is 3.17. The molecular formula is C6H6N4O. The molecule has 1 aromatic heterocycles. The van der Waals surface area contributed by atoms with Crippen molar-refractivity contribution >= 4 is 17.7 Å². The first-order chi connectivity index (χ1) is 5.36. The van der Waals surface area contributed by atoms with Crippen LogP contribution >= 0.6 is 0 Å². The van der Waals surface area contributed by atoms with Crippen LogP contribution in [0.4, 0.5) is 11.5 Å². The maximum absolute atomic E-state index is 10.7. The Bertz CT molecular complexity index is 354. The van der Waals surface area contributed by atoms with Gasteiger partial charge in [-0.3, -0.25) is 4.98 Å². The lowest BCUT2D eigenvalue weighted by molar-refractivity contribution is 1.06. The third kappa shape index (κ3) is 1.000. The summed E-state index contributed by atoms with van der Waals surface area (Å²) >= 11 is 0. The Morgan fingerprint density at radius 1 is 1.55 bits per heavy atom. The van der Waals surface area contributed by atoms with Crippen molar-refractivity contribution in [3.63, 3.8) is 0 Å². The minimum absolute atomic E-state index is 0.371. The van der Waals surface area contributed by atoms with Crippen LogP contribution < -0.4 is 11.0 Å². The largest absolute Gasteiger partial charge is 0.376 e. The van der Waals surface area contributed by atoms with Gasteiger partial charge in [-0.15, -0.1) is 0 Å². The van der Waals surface area contributed by atoms with Gasteiger partial charge < -0.3 is 5.32 Å². The SMILES string of the molecule is O=c1ncc2c([nH]1)N=CCN2. The quantitative estimate of drug-likeness (QED) is 0.542. The number of aromatic nitrogens is 2. The van der Waals surface area contributed by atoms with Crippen LogP contribution in [0.15, 0.2) is 16.0 Å². The smallest absolute Gasteiger partial charge is 0.346 e. The number of aliphatic imine (C=N–C) groups is 1. The van der Waals surface area contributed by atoms with Gasteiger partial charge in [0.05, 0.1) is 18.4 Å². The first-order valence-corrected chi connectivity index (χ1v) is 3.22. The first-order valence-electron chi connectivity index (χ1n) is 3.22. The molecule has 0 spiro atoms. The summed E-state index contributed by atoms with van der Waals surface area (Å²) in [7, 11) is 0. The Labute approximate surface area is 62.2 Å². The molecule has 11 heavy (non-hydrogen) atoms. The molecule has 2 heterocycles. The van der Waals surface area contributed by atoms with Crippen molar-refractivity contribution in [2.24, 2.45) is 4.99 Å². The zero-order chi connectivity index (χ0) is 7.68. The van der Waals surface area contributed by atoms with Crippen LogP contribution in [-0.2, 0) is 0 Å². The average Bonchev–Trinajstić information content (AvgIpc) is 2.04. The number of H-pyrrole nitrogens is 1. The molecule has 0 aromatic carbocycles. The van der Waals surface area contributed by atoms with Gasteiger partial charge in [0.2, 0.25) is 0 Å². The zero-order valence-corrected chi connectivity index (χ0v) is 5.66. The second kappa shape index (κ2) is 2.19. The van der Waals surface area contributed by atoms with E-state index in [0.717, 1.165) is 5.69 Å². The number of fused-ring (bicyclic) bond motifs is 1. The fourth-order valence-electron chi connectivity index (χ4n) is 0.909. The van der Waals surface area contributed by atoms with Crippen molar-refractivity contribution in [2.45, 2.75) is 0 Å². The van der Waals surface area contributed by atoms with Crippen LogP contribution in [0.5, 0.6) is 0 Å². The molecule has 2 N–H and O–H groups in total. The topological polar surface area (TPSA) is 70.1 Å². The highest BCUT2D eigenvalue weighted by Crippen LogP contribution is 2.19. The molecule has 2 rings (SSSR count). The zero-order valence-electron chi connectivity index (χ0n) is 5.66. The van der Waals surface area contributed by atoms with Crippen LogP contribution in [0, 0.1) is 0 Å². The van der Waals surface area contributed by atoms with E-state index in [0.29, 0.717) is 12.4 Å². The Balaban J connectivity index is 2.63. The lowest BCUT2D eigenvalue weighted by Crippen LogP contribution is -2.14. The van der Waals surface area contributed by atoms with Crippen molar-refractivity contribution in [3.8, 4) is 0 Å². The van der Waals surface area contributed by atoms with E-state index in [-0.39, 0.29) is 5.69 Å². The van der Waals surface area contributed by atoms with Crippen LogP contribution in [0.2, 0.25) is 0 Å². The predicted octanol–water partition coefficient (Wildman–Crippen LogP) is -0.102. The average molecular weight is 150 g/mol. The lowest BCUT2D eigenvalue weighted by Gasteiger charge is -2.08. The van der Waals surface area contributed by atoms with E-state index in [1.165, 1.54) is 6.20 Å². The Kier molecular flexibility index (Phi) is 1.21. The predicted molar refractivity (Wildman–Crippen MR) is 41.5 cm³/mol. The number of nitrogens with one attached hydrogen (secondary N) is 2. The summed E-state index contributed by atoms with van der Waals surface area (Å²) in [6.45, 7) is 0.681. The highest BCUT2D eigenvalue weighted by atomic mass is 16.1. The molecule has 56 valence electrons. The van der Waals surface area contributed by atoms with Crippen molar-refractivity contribution < 1.29 is 0 Å². The van der Waals surface area contributed by atoms with Gasteiger partial charge >= 0.3 is 5.69 Å². The van der Waals surface area contributed by atoms with Gasteiger partial charge in [0.25, 0.3) is 0 Å². The maximum Gasteiger partial charge on any atom is 0.346 e. The van der Waals surface area contributed by atoms with Gasteiger partial charge in [-0.1, -0.05) is 0 Å². The summed E-state index contributed by atoms with van der Waals surface area (Å²) in [5, 5.41) is 3.01. The van der Waals surface area contributed by atoms with E-state index < -0.39 is 0 Å². The molecular weight excluding hydrogens is 144 g/mol. The third-order valence-corrected chi connectivity index (χ3v) is 1.40. The highest BCUT2D eigenvalue weighted by molar-refractivity contribution is 5.77. The van der Waals surface area contributed by atoms with Gasteiger partial charge in [-0.25, -0.2) is 9.79 Å². The minimum atomic E-state index is -0.371. The van der Waals surface area contributed by atoms with Crippen LogP contribution in [0.25, 0.3) is 0 Å². The summed E-state index contributed by atoms with van der Waals surface area (Å²) in [6, 6.07) is 0. The lowest BCUT2D eigenvalue weighted by atomic mass is 10.4.